The van der Waals surface area contributed by atoms with Gasteiger partial charge in [-0.25, -0.2) is 13.4 Å². The van der Waals surface area contributed by atoms with Crippen LogP contribution in [0.25, 0.3) is 0 Å². The summed E-state index contributed by atoms with van der Waals surface area (Å²) in [6.07, 6.45) is 2.23. The lowest BCUT2D eigenvalue weighted by molar-refractivity contribution is -0.135. The van der Waals surface area contributed by atoms with E-state index in [1.54, 1.807) is 11.1 Å². The van der Waals surface area contributed by atoms with Crippen molar-refractivity contribution in [3.63, 3.8) is 0 Å². The highest BCUT2D eigenvalue weighted by Crippen LogP contribution is 2.22. The molecule has 1 aromatic heterocycles. The van der Waals surface area contributed by atoms with Crippen molar-refractivity contribution < 1.29 is 13.2 Å². The summed E-state index contributed by atoms with van der Waals surface area (Å²) in [5.74, 6) is 0.755. The molecule has 1 aromatic rings. The van der Waals surface area contributed by atoms with Crippen LogP contribution in [-0.4, -0.2) is 61.9 Å². The molecule has 2 fully saturated rings. The van der Waals surface area contributed by atoms with Crippen molar-refractivity contribution in [2.75, 3.05) is 42.6 Å². The molecule has 2 saturated heterocycles. The molecule has 0 spiro atoms. The Morgan fingerprint density at radius 1 is 1.19 bits per heavy atom. The number of carbonyl (C=O) groups excluding carboxylic acids is 1. The van der Waals surface area contributed by atoms with E-state index in [1.807, 2.05) is 18.2 Å². The summed E-state index contributed by atoms with van der Waals surface area (Å²) >= 11 is 0. The normalized spacial score (nSPS) is 25.0. The molecule has 3 heterocycles. The number of sulfone groups is 1. The van der Waals surface area contributed by atoms with Crippen molar-refractivity contribution in [2.24, 2.45) is 5.92 Å². The first-order chi connectivity index (χ1) is 10.1. The van der Waals surface area contributed by atoms with Gasteiger partial charge < -0.3 is 9.80 Å². The van der Waals surface area contributed by atoms with E-state index in [0.717, 1.165) is 18.9 Å². The molecule has 114 valence electrons. The highest BCUT2D eigenvalue weighted by molar-refractivity contribution is 7.91. The highest BCUT2D eigenvalue weighted by Gasteiger charge is 2.36. The van der Waals surface area contributed by atoms with Crippen molar-refractivity contribution in [3.05, 3.63) is 24.4 Å². The Labute approximate surface area is 124 Å². The molecule has 0 saturated carbocycles. The first-order valence-electron chi connectivity index (χ1n) is 7.20. The Hall–Kier alpha value is -1.63. The van der Waals surface area contributed by atoms with Crippen molar-refractivity contribution >= 4 is 21.6 Å². The topological polar surface area (TPSA) is 70.6 Å². The summed E-state index contributed by atoms with van der Waals surface area (Å²) in [5.41, 5.74) is 0. The Bertz CT molecular complexity index is 610. The van der Waals surface area contributed by atoms with Crippen molar-refractivity contribution in [1.29, 1.82) is 0 Å². The van der Waals surface area contributed by atoms with Crippen LogP contribution in [0.4, 0.5) is 5.82 Å². The van der Waals surface area contributed by atoms with Gasteiger partial charge in [0.2, 0.25) is 5.91 Å². The van der Waals surface area contributed by atoms with E-state index >= 15 is 0 Å². The highest BCUT2D eigenvalue weighted by atomic mass is 32.2. The average Bonchev–Trinajstić information content (AvgIpc) is 2.88. The first-order valence-corrected chi connectivity index (χ1v) is 9.02. The number of nitrogens with zero attached hydrogens (tertiary/aromatic N) is 3. The molecular weight excluding hydrogens is 290 g/mol. The molecule has 21 heavy (non-hydrogen) atoms. The largest absolute Gasteiger partial charge is 0.353 e. The molecule has 0 N–H and O–H groups in total. The maximum Gasteiger partial charge on any atom is 0.226 e. The van der Waals surface area contributed by atoms with Gasteiger partial charge in [-0.05, 0) is 18.6 Å². The predicted octanol–water partition coefficient (Wildman–Crippen LogP) is 0.165. The van der Waals surface area contributed by atoms with Crippen LogP contribution in [-0.2, 0) is 14.6 Å². The Kier molecular flexibility index (Phi) is 3.84. The van der Waals surface area contributed by atoms with Crippen LogP contribution in [0.2, 0.25) is 0 Å². The fourth-order valence-corrected chi connectivity index (χ4v) is 4.68. The summed E-state index contributed by atoms with van der Waals surface area (Å²) in [4.78, 5) is 20.6. The molecule has 0 unspecified atom stereocenters. The van der Waals surface area contributed by atoms with Gasteiger partial charge in [-0.15, -0.1) is 0 Å². The lowest BCUT2D eigenvalue weighted by Gasteiger charge is -2.36. The van der Waals surface area contributed by atoms with Crippen molar-refractivity contribution in [2.45, 2.75) is 6.42 Å². The summed E-state index contributed by atoms with van der Waals surface area (Å²) in [6, 6.07) is 5.79. The zero-order valence-corrected chi connectivity index (χ0v) is 12.6. The monoisotopic (exact) mass is 309 g/mol. The molecule has 7 heteroatoms. The van der Waals surface area contributed by atoms with Crippen LogP contribution < -0.4 is 4.90 Å². The molecule has 2 aliphatic rings. The third kappa shape index (κ3) is 3.18. The van der Waals surface area contributed by atoms with Gasteiger partial charge in [0.05, 0.1) is 17.4 Å². The van der Waals surface area contributed by atoms with Gasteiger partial charge in [0.1, 0.15) is 5.82 Å². The second-order valence-corrected chi connectivity index (χ2v) is 7.83. The number of amides is 1. The number of aromatic nitrogens is 1. The van der Waals surface area contributed by atoms with E-state index in [2.05, 4.69) is 9.88 Å². The molecule has 6 nitrogen and oxygen atoms in total. The number of anilines is 1. The third-order valence-corrected chi connectivity index (χ3v) is 5.91. The zero-order chi connectivity index (χ0) is 14.9. The van der Waals surface area contributed by atoms with Crippen molar-refractivity contribution in [1.82, 2.24) is 9.88 Å². The maximum atomic E-state index is 12.4. The SMILES string of the molecule is O=C([C@@H]1CCS(=O)(=O)C1)N1CCN(c2ccccn2)CC1. The van der Waals surface area contributed by atoms with Gasteiger partial charge in [-0.2, -0.15) is 0 Å². The molecular formula is C14H19N3O3S. The molecule has 0 bridgehead atoms. The van der Waals surface area contributed by atoms with Crippen LogP contribution in [0.3, 0.4) is 0 Å². The zero-order valence-electron chi connectivity index (χ0n) is 11.8. The number of piperazine rings is 1. The fourth-order valence-electron chi connectivity index (χ4n) is 2.94. The lowest BCUT2D eigenvalue weighted by Crippen LogP contribution is -2.50. The van der Waals surface area contributed by atoms with Crippen LogP contribution in [0.15, 0.2) is 24.4 Å². The van der Waals surface area contributed by atoms with E-state index in [9.17, 15) is 13.2 Å². The van der Waals surface area contributed by atoms with Gasteiger partial charge in [-0.1, -0.05) is 6.07 Å². The Balaban J connectivity index is 1.57. The predicted molar refractivity (Wildman–Crippen MR) is 79.8 cm³/mol. The minimum atomic E-state index is -3.00. The van der Waals surface area contributed by atoms with Gasteiger partial charge in [-0.3, -0.25) is 4.79 Å². The van der Waals surface area contributed by atoms with E-state index in [1.165, 1.54) is 0 Å². The summed E-state index contributed by atoms with van der Waals surface area (Å²) in [5, 5.41) is 0. The molecule has 3 rings (SSSR count). The average molecular weight is 309 g/mol. The number of hydrogen-bond acceptors (Lipinski definition) is 5. The van der Waals surface area contributed by atoms with Gasteiger partial charge in [0, 0.05) is 32.4 Å². The van der Waals surface area contributed by atoms with E-state index in [0.29, 0.717) is 19.5 Å². The third-order valence-electron chi connectivity index (χ3n) is 4.15. The van der Waals surface area contributed by atoms with Gasteiger partial charge in [0.25, 0.3) is 0 Å². The number of pyridine rings is 1. The minimum Gasteiger partial charge on any atom is -0.353 e. The van der Waals surface area contributed by atoms with Crippen LogP contribution in [0.5, 0.6) is 0 Å². The first kappa shape index (κ1) is 14.3. The van der Waals surface area contributed by atoms with Crippen LogP contribution in [0, 0.1) is 5.92 Å². The summed E-state index contributed by atoms with van der Waals surface area (Å²) in [6.45, 7) is 2.74. The lowest BCUT2D eigenvalue weighted by atomic mass is 10.1. The van der Waals surface area contributed by atoms with Crippen molar-refractivity contribution in [3.8, 4) is 0 Å². The second-order valence-electron chi connectivity index (χ2n) is 5.60. The van der Waals surface area contributed by atoms with Crippen LogP contribution in [0.1, 0.15) is 6.42 Å². The second kappa shape index (κ2) is 5.63. The summed E-state index contributed by atoms with van der Waals surface area (Å²) < 4.78 is 23.0. The standard InChI is InChI=1S/C14H19N3O3S/c18-14(12-4-10-21(19,20)11-12)17-8-6-16(7-9-17)13-3-1-2-5-15-13/h1-3,5,12H,4,6-11H2/t12-/m1/s1. The smallest absolute Gasteiger partial charge is 0.226 e. The van der Waals surface area contributed by atoms with Crippen LogP contribution >= 0.6 is 0 Å². The van der Waals surface area contributed by atoms with E-state index < -0.39 is 9.84 Å². The Morgan fingerprint density at radius 3 is 2.52 bits per heavy atom. The number of hydrogen-bond donors (Lipinski definition) is 0. The Morgan fingerprint density at radius 2 is 1.95 bits per heavy atom. The fraction of sp³-hybridized carbons (Fsp3) is 0.571. The maximum absolute atomic E-state index is 12.4. The van der Waals surface area contributed by atoms with Gasteiger partial charge >= 0.3 is 0 Å². The summed E-state index contributed by atoms with van der Waals surface area (Å²) in [7, 11) is -3.00. The van der Waals surface area contributed by atoms with E-state index in [-0.39, 0.29) is 23.3 Å². The van der Waals surface area contributed by atoms with E-state index in [4.69, 9.17) is 0 Å². The number of carbonyl (C=O) groups is 1. The molecule has 1 atom stereocenters. The minimum absolute atomic E-state index is 0.00301. The quantitative estimate of drug-likeness (QED) is 0.778. The molecule has 2 aliphatic heterocycles. The molecule has 0 aromatic carbocycles. The molecule has 0 aliphatic carbocycles. The molecule has 0 radical (unpaired) electrons. The number of rotatable bonds is 2. The molecule has 1 amide bonds. The van der Waals surface area contributed by atoms with Gasteiger partial charge in [0.15, 0.2) is 9.84 Å².